The molecule has 1 atom stereocenters. The van der Waals surface area contributed by atoms with Crippen LogP contribution in [0.3, 0.4) is 0 Å². The van der Waals surface area contributed by atoms with Crippen LogP contribution in [0.1, 0.15) is 43.7 Å². The summed E-state index contributed by atoms with van der Waals surface area (Å²) in [5.74, 6) is 1.07. The fourth-order valence-corrected chi connectivity index (χ4v) is 4.06. The number of hydrogen-bond donors (Lipinski definition) is 3. The normalized spacial score (nSPS) is 20.5. The van der Waals surface area contributed by atoms with Crippen LogP contribution in [0.4, 0.5) is 5.82 Å². The number of Topliss-reactive ketones (excluding diaryl/α,β-unsaturated/α-hetero) is 1. The summed E-state index contributed by atoms with van der Waals surface area (Å²) in [6.45, 7) is 8.25. The first kappa shape index (κ1) is 17.4. The Morgan fingerprint density at radius 1 is 1.19 bits per heavy atom. The number of H-pyrrole nitrogens is 2. The highest BCUT2D eigenvalue weighted by Gasteiger charge is 2.42. The molecule has 0 spiro atoms. The van der Waals surface area contributed by atoms with Gasteiger partial charge in [-0.3, -0.25) is 19.8 Å². The summed E-state index contributed by atoms with van der Waals surface area (Å²) in [5.41, 5.74) is 2.74. The molecule has 3 N–H and O–H groups in total. The van der Waals surface area contributed by atoms with Crippen LogP contribution in [0.5, 0.6) is 5.75 Å². The Morgan fingerprint density at radius 3 is 2.63 bits per heavy atom. The van der Waals surface area contributed by atoms with Gasteiger partial charge in [0.25, 0.3) is 5.56 Å². The van der Waals surface area contributed by atoms with Gasteiger partial charge in [-0.1, -0.05) is 38.6 Å². The quantitative estimate of drug-likeness (QED) is 0.724. The number of aromatic amines is 2. The number of carbonyl (C=O) groups is 1. The molecule has 2 heterocycles. The third-order valence-electron chi connectivity index (χ3n) is 5.17. The second-order valence-corrected chi connectivity index (χ2v) is 7.93. The van der Waals surface area contributed by atoms with E-state index < -0.39 is 0 Å². The lowest BCUT2D eigenvalue weighted by Gasteiger charge is -2.37. The molecule has 0 fully saturated rings. The lowest BCUT2D eigenvalue weighted by molar-refractivity contribution is -0.118. The molecule has 0 radical (unpaired) electrons. The van der Waals surface area contributed by atoms with E-state index in [0.29, 0.717) is 30.0 Å². The van der Waals surface area contributed by atoms with Crippen molar-refractivity contribution in [2.45, 2.75) is 32.6 Å². The Kier molecular flexibility index (Phi) is 4.06. The van der Waals surface area contributed by atoms with E-state index in [9.17, 15) is 9.59 Å². The molecule has 4 rings (SSSR count). The average Bonchev–Trinajstić information content (AvgIpc) is 2.98. The van der Waals surface area contributed by atoms with Crippen molar-refractivity contribution in [1.29, 1.82) is 0 Å². The maximum Gasteiger partial charge on any atom is 0.270 e. The molecule has 140 valence electrons. The van der Waals surface area contributed by atoms with E-state index >= 15 is 0 Å². The summed E-state index contributed by atoms with van der Waals surface area (Å²) in [7, 11) is 0. The van der Waals surface area contributed by atoms with Crippen molar-refractivity contribution in [2.24, 2.45) is 5.41 Å². The van der Waals surface area contributed by atoms with Crippen molar-refractivity contribution >= 4 is 11.6 Å². The molecule has 27 heavy (non-hydrogen) atoms. The predicted molar refractivity (Wildman–Crippen MR) is 104 cm³/mol. The molecular formula is C21H23N3O3. The molecule has 0 saturated carbocycles. The third-order valence-corrected chi connectivity index (χ3v) is 5.17. The number of benzene rings is 1. The van der Waals surface area contributed by atoms with E-state index in [0.717, 1.165) is 23.4 Å². The lowest BCUT2D eigenvalue weighted by atomic mass is 9.69. The van der Waals surface area contributed by atoms with E-state index in [2.05, 4.69) is 35.9 Å². The Labute approximate surface area is 157 Å². The zero-order valence-electron chi connectivity index (χ0n) is 15.5. The smallest absolute Gasteiger partial charge is 0.270 e. The van der Waals surface area contributed by atoms with Crippen molar-refractivity contribution < 1.29 is 9.53 Å². The Hall–Kier alpha value is -3.02. The lowest BCUT2D eigenvalue weighted by Crippen LogP contribution is -2.34. The van der Waals surface area contributed by atoms with Crippen LogP contribution in [-0.2, 0) is 4.79 Å². The zero-order valence-corrected chi connectivity index (χ0v) is 15.5. The van der Waals surface area contributed by atoms with Gasteiger partial charge in [-0.2, -0.15) is 0 Å². The van der Waals surface area contributed by atoms with Gasteiger partial charge in [0.2, 0.25) is 0 Å². The van der Waals surface area contributed by atoms with Gasteiger partial charge in [-0.05, 0) is 29.5 Å². The van der Waals surface area contributed by atoms with Crippen LogP contribution < -0.4 is 15.6 Å². The van der Waals surface area contributed by atoms with E-state index in [4.69, 9.17) is 4.74 Å². The Morgan fingerprint density at radius 2 is 1.93 bits per heavy atom. The van der Waals surface area contributed by atoms with Crippen molar-refractivity contribution in [3.05, 3.63) is 69.7 Å². The SMILES string of the molecule is C=CCOc1ccc([C@H]2C3=C(CC(C)(C)CC3=O)Nc3[nH][nH]c(=O)c32)cc1. The van der Waals surface area contributed by atoms with E-state index in [1.165, 1.54) is 0 Å². The second-order valence-electron chi connectivity index (χ2n) is 7.93. The summed E-state index contributed by atoms with van der Waals surface area (Å²) in [6.07, 6.45) is 2.92. The molecule has 2 aliphatic rings. The van der Waals surface area contributed by atoms with Crippen molar-refractivity contribution in [3.8, 4) is 5.75 Å². The van der Waals surface area contributed by atoms with Crippen molar-refractivity contribution in [2.75, 3.05) is 11.9 Å². The number of aromatic nitrogens is 2. The minimum atomic E-state index is -0.386. The van der Waals surface area contributed by atoms with Crippen molar-refractivity contribution in [1.82, 2.24) is 10.2 Å². The summed E-state index contributed by atoms with van der Waals surface area (Å²) in [6, 6.07) is 7.56. The van der Waals surface area contributed by atoms with Crippen LogP contribution >= 0.6 is 0 Å². The van der Waals surface area contributed by atoms with Gasteiger partial charge < -0.3 is 10.1 Å². The highest BCUT2D eigenvalue weighted by atomic mass is 16.5. The van der Waals surface area contributed by atoms with E-state index in [1.807, 2.05) is 24.3 Å². The monoisotopic (exact) mass is 365 g/mol. The maximum atomic E-state index is 13.0. The number of allylic oxidation sites excluding steroid dienone is 2. The third kappa shape index (κ3) is 3.01. The number of nitrogens with one attached hydrogen (secondary N) is 3. The first-order valence-corrected chi connectivity index (χ1v) is 9.07. The number of ether oxygens (including phenoxy) is 1. The molecule has 6 heteroatoms. The van der Waals surface area contributed by atoms with Gasteiger partial charge >= 0.3 is 0 Å². The van der Waals surface area contributed by atoms with Gasteiger partial charge in [0.15, 0.2) is 5.78 Å². The number of anilines is 1. The molecule has 2 aromatic rings. The Balaban J connectivity index is 1.82. The molecule has 0 saturated heterocycles. The van der Waals surface area contributed by atoms with Gasteiger partial charge in [0.1, 0.15) is 18.2 Å². The Bertz CT molecular complexity index is 992. The fraction of sp³-hybridized carbons (Fsp3) is 0.333. The average molecular weight is 365 g/mol. The van der Waals surface area contributed by atoms with Crippen LogP contribution in [0, 0.1) is 5.41 Å². The second kappa shape index (κ2) is 6.30. The van der Waals surface area contributed by atoms with Crippen LogP contribution in [0.25, 0.3) is 0 Å². The van der Waals surface area contributed by atoms with Crippen LogP contribution in [0.15, 0.2) is 53.0 Å². The fourth-order valence-electron chi connectivity index (χ4n) is 4.06. The molecular weight excluding hydrogens is 342 g/mol. The molecule has 0 unspecified atom stereocenters. The van der Waals surface area contributed by atoms with Gasteiger partial charge in [0, 0.05) is 23.6 Å². The molecule has 0 bridgehead atoms. The largest absolute Gasteiger partial charge is 0.490 e. The maximum absolute atomic E-state index is 13.0. The van der Waals surface area contributed by atoms with Gasteiger partial charge in [-0.15, -0.1) is 0 Å². The van der Waals surface area contributed by atoms with Gasteiger partial charge in [0.05, 0.1) is 5.56 Å². The minimum absolute atomic E-state index is 0.0944. The summed E-state index contributed by atoms with van der Waals surface area (Å²) in [5, 5.41) is 8.84. The van der Waals surface area contributed by atoms with Crippen LogP contribution in [0.2, 0.25) is 0 Å². The molecule has 1 aliphatic carbocycles. The van der Waals surface area contributed by atoms with Crippen molar-refractivity contribution in [3.63, 3.8) is 0 Å². The number of hydrogen-bond acceptors (Lipinski definition) is 4. The highest BCUT2D eigenvalue weighted by molar-refractivity contribution is 6.01. The van der Waals surface area contributed by atoms with Gasteiger partial charge in [-0.25, -0.2) is 0 Å². The molecule has 1 aromatic heterocycles. The number of carbonyl (C=O) groups excluding carboxylic acids is 1. The summed E-state index contributed by atoms with van der Waals surface area (Å²) in [4.78, 5) is 25.5. The van der Waals surface area contributed by atoms with Crippen LogP contribution in [-0.4, -0.2) is 22.6 Å². The van der Waals surface area contributed by atoms with E-state index in [1.54, 1.807) is 6.08 Å². The molecule has 1 aliphatic heterocycles. The number of fused-ring (bicyclic) bond motifs is 1. The standard InChI is InChI=1S/C21H23N3O3/c1-4-9-27-13-7-5-12(6-8-13)16-17-14(10-21(2,3)11-15(17)25)22-19-18(16)20(26)24-23-19/h4-8,16H,1,9-11H2,2-3H3,(H3,22,23,24,26)/t16-/m0/s1. The predicted octanol–water partition coefficient (Wildman–Crippen LogP) is 3.47. The summed E-state index contributed by atoms with van der Waals surface area (Å²) >= 11 is 0. The minimum Gasteiger partial charge on any atom is -0.490 e. The zero-order chi connectivity index (χ0) is 19.2. The molecule has 6 nitrogen and oxygen atoms in total. The van der Waals surface area contributed by atoms with E-state index in [-0.39, 0.29) is 22.7 Å². The number of rotatable bonds is 4. The summed E-state index contributed by atoms with van der Waals surface area (Å²) < 4.78 is 5.55. The number of ketones is 1. The first-order chi connectivity index (χ1) is 12.9. The topological polar surface area (TPSA) is 87.0 Å². The molecule has 1 aromatic carbocycles. The molecule has 0 amide bonds. The highest BCUT2D eigenvalue weighted by Crippen LogP contribution is 2.47. The first-order valence-electron chi connectivity index (χ1n) is 9.07.